The van der Waals surface area contributed by atoms with E-state index < -0.39 is 5.60 Å². The highest BCUT2D eigenvalue weighted by Gasteiger charge is 2.25. The molecule has 1 aromatic carbocycles. The van der Waals surface area contributed by atoms with Crippen molar-refractivity contribution in [2.24, 2.45) is 7.05 Å². The van der Waals surface area contributed by atoms with Crippen LogP contribution in [0.15, 0.2) is 36.7 Å². The topological polar surface area (TPSA) is 50.1 Å². The summed E-state index contributed by atoms with van der Waals surface area (Å²) in [7, 11) is 1.84. The second kappa shape index (κ2) is 6.60. The predicted molar refractivity (Wildman–Crippen MR) is 85.4 cm³/mol. The molecule has 5 heteroatoms. The van der Waals surface area contributed by atoms with E-state index in [2.05, 4.69) is 17.3 Å². The first-order valence-corrected chi connectivity index (χ1v) is 7.44. The Morgan fingerprint density at radius 3 is 2.62 bits per heavy atom. The minimum Gasteiger partial charge on any atom is -0.384 e. The van der Waals surface area contributed by atoms with Crippen molar-refractivity contribution in [3.05, 3.63) is 52.8 Å². The third-order valence-corrected chi connectivity index (χ3v) is 3.83. The summed E-state index contributed by atoms with van der Waals surface area (Å²) in [5.74, 6) is 0. The van der Waals surface area contributed by atoms with Gasteiger partial charge in [-0.3, -0.25) is 4.68 Å². The largest absolute Gasteiger partial charge is 0.384 e. The van der Waals surface area contributed by atoms with Gasteiger partial charge in [0.2, 0.25) is 0 Å². The van der Waals surface area contributed by atoms with Crippen LogP contribution >= 0.6 is 11.6 Å². The van der Waals surface area contributed by atoms with Gasteiger partial charge in [0.15, 0.2) is 0 Å². The number of hydrogen-bond acceptors (Lipinski definition) is 3. The van der Waals surface area contributed by atoms with Gasteiger partial charge in [-0.25, -0.2) is 0 Å². The fourth-order valence-electron chi connectivity index (χ4n) is 2.22. The van der Waals surface area contributed by atoms with Crippen molar-refractivity contribution in [3.8, 4) is 0 Å². The quantitative estimate of drug-likeness (QED) is 0.862. The molecule has 0 aliphatic rings. The Labute approximate surface area is 130 Å². The predicted octanol–water partition coefficient (Wildman–Crippen LogP) is 2.50. The fourth-order valence-corrected chi connectivity index (χ4v) is 2.35. The van der Waals surface area contributed by atoms with Gasteiger partial charge in [0.1, 0.15) is 5.60 Å². The van der Waals surface area contributed by atoms with Crippen LogP contribution in [0, 0.1) is 0 Å². The van der Waals surface area contributed by atoms with Crippen LogP contribution in [-0.4, -0.2) is 27.5 Å². The maximum Gasteiger partial charge on any atom is 0.102 e. The number of hydrogen-bond donors (Lipinski definition) is 2. The molecule has 1 heterocycles. The van der Waals surface area contributed by atoms with Crippen LogP contribution in [-0.2, 0) is 19.1 Å². The summed E-state index contributed by atoms with van der Waals surface area (Å²) < 4.78 is 1.70. The summed E-state index contributed by atoms with van der Waals surface area (Å²) in [6.07, 6.45) is 4.43. The Bertz CT molecular complexity index is 577. The van der Waals surface area contributed by atoms with Crippen LogP contribution in [0.5, 0.6) is 0 Å². The maximum atomic E-state index is 10.5. The van der Waals surface area contributed by atoms with E-state index in [-0.39, 0.29) is 6.04 Å². The zero-order valence-corrected chi connectivity index (χ0v) is 13.4. The zero-order valence-electron chi connectivity index (χ0n) is 12.7. The van der Waals surface area contributed by atoms with E-state index >= 15 is 0 Å². The standard InChI is InChI=1S/C16H22ClN3O/c1-12(8-13-4-6-15(17)7-5-13)18-11-16(2,21)14-9-19-20(3)10-14/h4-7,9-10,12,18,21H,8,11H2,1-3H3. The Morgan fingerprint density at radius 1 is 1.38 bits per heavy atom. The van der Waals surface area contributed by atoms with Gasteiger partial charge in [0.25, 0.3) is 0 Å². The van der Waals surface area contributed by atoms with Crippen LogP contribution in [0.2, 0.25) is 5.02 Å². The van der Waals surface area contributed by atoms with E-state index in [0.717, 1.165) is 17.0 Å². The molecular weight excluding hydrogens is 286 g/mol. The van der Waals surface area contributed by atoms with Gasteiger partial charge in [-0.05, 0) is 38.0 Å². The van der Waals surface area contributed by atoms with Gasteiger partial charge in [0.05, 0.1) is 6.20 Å². The molecule has 2 aromatic rings. The summed E-state index contributed by atoms with van der Waals surface area (Å²) in [5.41, 5.74) is 1.11. The first-order chi connectivity index (χ1) is 9.87. The number of rotatable bonds is 6. The molecular formula is C16H22ClN3O. The molecule has 4 nitrogen and oxygen atoms in total. The Kier molecular flexibility index (Phi) is 5.04. The van der Waals surface area contributed by atoms with Crippen LogP contribution in [0.3, 0.4) is 0 Å². The summed E-state index contributed by atoms with van der Waals surface area (Å²) in [6, 6.07) is 8.11. The normalized spacial score (nSPS) is 15.7. The number of aryl methyl sites for hydroxylation is 1. The highest BCUT2D eigenvalue weighted by Crippen LogP contribution is 2.19. The molecule has 0 spiro atoms. The number of aromatic nitrogens is 2. The van der Waals surface area contributed by atoms with Crippen molar-refractivity contribution in [3.63, 3.8) is 0 Å². The van der Waals surface area contributed by atoms with Crippen molar-refractivity contribution in [1.82, 2.24) is 15.1 Å². The van der Waals surface area contributed by atoms with E-state index in [4.69, 9.17) is 11.6 Å². The second-order valence-corrected chi connectivity index (χ2v) is 6.23. The lowest BCUT2D eigenvalue weighted by Gasteiger charge is -2.25. The Balaban J connectivity index is 1.88. The van der Waals surface area contributed by atoms with Crippen molar-refractivity contribution in [2.45, 2.75) is 31.9 Å². The molecule has 0 fully saturated rings. The van der Waals surface area contributed by atoms with Gasteiger partial charge in [0, 0.05) is 36.4 Å². The molecule has 0 saturated heterocycles. The van der Waals surface area contributed by atoms with Crippen LogP contribution < -0.4 is 5.32 Å². The van der Waals surface area contributed by atoms with Crippen LogP contribution in [0.25, 0.3) is 0 Å². The third-order valence-electron chi connectivity index (χ3n) is 3.58. The van der Waals surface area contributed by atoms with E-state index in [0.29, 0.717) is 6.54 Å². The van der Waals surface area contributed by atoms with Gasteiger partial charge in [-0.1, -0.05) is 23.7 Å². The Hall–Kier alpha value is -1.36. The average molecular weight is 308 g/mol. The zero-order chi connectivity index (χ0) is 15.5. The summed E-state index contributed by atoms with van der Waals surface area (Å²) in [4.78, 5) is 0. The first-order valence-electron chi connectivity index (χ1n) is 7.06. The molecule has 2 rings (SSSR count). The maximum absolute atomic E-state index is 10.5. The molecule has 0 saturated carbocycles. The highest BCUT2D eigenvalue weighted by molar-refractivity contribution is 6.30. The number of halogens is 1. The smallest absolute Gasteiger partial charge is 0.102 e. The highest BCUT2D eigenvalue weighted by atomic mass is 35.5. The summed E-state index contributed by atoms with van der Waals surface area (Å²) in [6.45, 7) is 4.38. The molecule has 2 atom stereocenters. The van der Waals surface area contributed by atoms with Crippen LogP contribution in [0.1, 0.15) is 25.0 Å². The fraction of sp³-hybridized carbons (Fsp3) is 0.438. The molecule has 2 unspecified atom stereocenters. The van der Waals surface area contributed by atoms with E-state index in [1.54, 1.807) is 17.8 Å². The van der Waals surface area contributed by atoms with E-state index in [1.165, 1.54) is 5.56 Å². The second-order valence-electron chi connectivity index (χ2n) is 5.79. The van der Waals surface area contributed by atoms with Crippen molar-refractivity contribution in [2.75, 3.05) is 6.54 Å². The average Bonchev–Trinajstić information content (AvgIpc) is 2.87. The van der Waals surface area contributed by atoms with Gasteiger partial charge >= 0.3 is 0 Å². The molecule has 1 aromatic heterocycles. The number of benzene rings is 1. The molecule has 0 aliphatic heterocycles. The van der Waals surface area contributed by atoms with E-state index in [1.807, 2.05) is 37.5 Å². The van der Waals surface area contributed by atoms with Gasteiger partial charge < -0.3 is 10.4 Å². The summed E-state index contributed by atoms with van der Waals surface area (Å²) in [5, 5.41) is 18.7. The van der Waals surface area contributed by atoms with Gasteiger partial charge in [-0.15, -0.1) is 0 Å². The van der Waals surface area contributed by atoms with Crippen molar-refractivity contribution in [1.29, 1.82) is 0 Å². The van der Waals surface area contributed by atoms with E-state index in [9.17, 15) is 5.11 Å². The molecule has 21 heavy (non-hydrogen) atoms. The molecule has 0 aliphatic carbocycles. The molecule has 0 radical (unpaired) electrons. The minimum absolute atomic E-state index is 0.259. The Morgan fingerprint density at radius 2 is 2.05 bits per heavy atom. The number of nitrogens with one attached hydrogen (secondary N) is 1. The number of aliphatic hydroxyl groups is 1. The molecule has 114 valence electrons. The molecule has 0 amide bonds. The third kappa shape index (κ3) is 4.56. The van der Waals surface area contributed by atoms with Crippen LogP contribution in [0.4, 0.5) is 0 Å². The van der Waals surface area contributed by atoms with Crippen molar-refractivity contribution < 1.29 is 5.11 Å². The number of nitrogens with zero attached hydrogens (tertiary/aromatic N) is 2. The first kappa shape index (κ1) is 16.0. The lowest BCUT2D eigenvalue weighted by atomic mass is 9.98. The van der Waals surface area contributed by atoms with Gasteiger partial charge in [-0.2, -0.15) is 5.10 Å². The SMILES string of the molecule is CC(Cc1ccc(Cl)cc1)NCC(C)(O)c1cnn(C)c1. The van der Waals surface area contributed by atoms with Crippen molar-refractivity contribution >= 4 is 11.6 Å². The molecule has 0 bridgehead atoms. The lowest BCUT2D eigenvalue weighted by Crippen LogP contribution is -2.40. The molecule has 2 N–H and O–H groups in total. The monoisotopic (exact) mass is 307 g/mol. The lowest BCUT2D eigenvalue weighted by molar-refractivity contribution is 0.0543. The summed E-state index contributed by atoms with van der Waals surface area (Å²) >= 11 is 5.88. The minimum atomic E-state index is -0.928.